The average molecular weight is 253 g/mol. The van der Waals surface area contributed by atoms with E-state index in [9.17, 15) is 0 Å². The number of hydrogen-bond donors (Lipinski definition) is 1. The van der Waals surface area contributed by atoms with Crippen molar-refractivity contribution in [1.29, 1.82) is 0 Å². The van der Waals surface area contributed by atoms with E-state index in [-0.39, 0.29) is 0 Å². The van der Waals surface area contributed by atoms with Crippen LogP contribution < -0.4 is 5.32 Å². The van der Waals surface area contributed by atoms with Gasteiger partial charge in [-0.2, -0.15) is 0 Å². The molecular formula is C15H31N3. The van der Waals surface area contributed by atoms with Crippen molar-refractivity contribution in [1.82, 2.24) is 15.1 Å². The van der Waals surface area contributed by atoms with Crippen molar-refractivity contribution in [2.24, 2.45) is 0 Å². The molecule has 1 saturated carbocycles. The van der Waals surface area contributed by atoms with Gasteiger partial charge in [0.15, 0.2) is 0 Å². The molecule has 0 spiro atoms. The molecule has 2 rings (SSSR count). The molecule has 18 heavy (non-hydrogen) atoms. The molecule has 2 fully saturated rings. The molecule has 1 saturated heterocycles. The van der Waals surface area contributed by atoms with Crippen LogP contribution in [0.5, 0.6) is 0 Å². The molecule has 2 unspecified atom stereocenters. The van der Waals surface area contributed by atoms with Crippen molar-refractivity contribution >= 4 is 0 Å². The van der Waals surface area contributed by atoms with E-state index < -0.39 is 0 Å². The zero-order valence-electron chi connectivity index (χ0n) is 12.5. The van der Waals surface area contributed by atoms with Crippen molar-refractivity contribution in [3.8, 4) is 0 Å². The number of hydrogen-bond acceptors (Lipinski definition) is 3. The lowest BCUT2D eigenvalue weighted by atomic mass is 10.0. The van der Waals surface area contributed by atoms with Crippen LogP contribution in [0.1, 0.15) is 45.4 Å². The van der Waals surface area contributed by atoms with E-state index in [2.05, 4.69) is 36.1 Å². The lowest BCUT2D eigenvalue weighted by Gasteiger charge is -2.44. The van der Waals surface area contributed by atoms with Crippen molar-refractivity contribution < 1.29 is 0 Å². The van der Waals surface area contributed by atoms with E-state index in [1.54, 1.807) is 0 Å². The van der Waals surface area contributed by atoms with Crippen LogP contribution in [0.15, 0.2) is 0 Å². The van der Waals surface area contributed by atoms with Crippen LogP contribution in [-0.4, -0.2) is 61.7 Å². The average Bonchev–Trinajstić information content (AvgIpc) is 2.59. The van der Waals surface area contributed by atoms with E-state index in [0.717, 1.165) is 19.1 Å². The summed E-state index contributed by atoms with van der Waals surface area (Å²) in [7, 11) is 4.35. The highest BCUT2D eigenvalue weighted by molar-refractivity contribution is 4.89. The standard InChI is InChI=1S/C15H31N3/c1-13-10-16-14(11-17(2)3)12-18(13)15-8-6-4-5-7-9-15/h13-16H,4-12H2,1-3H3. The summed E-state index contributed by atoms with van der Waals surface area (Å²) in [5.41, 5.74) is 0. The Morgan fingerprint density at radius 1 is 1.11 bits per heavy atom. The van der Waals surface area contributed by atoms with Gasteiger partial charge < -0.3 is 10.2 Å². The molecule has 1 heterocycles. The van der Waals surface area contributed by atoms with Crippen LogP contribution in [-0.2, 0) is 0 Å². The molecule has 0 radical (unpaired) electrons. The van der Waals surface area contributed by atoms with Gasteiger partial charge in [-0.25, -0.2) is 0 Å². The van der Waals surface area contributed by atoms with Gasteiger partial charge in [0.2, 0.25) is 0 Å². The number of rotatable bonds is 3. The smallest absolute Gasteiger partial charge is 0.0323 e. The Kier molecular flexibility index (Phi) is 5.46. The SMILES string of the molecule is CC1CNC(CN(C)C)CN1C1CCCCCC1. The second-order valence-corrected chi connectivity index (χ2v) is 6.56. The predicted molar refractivity (Wildman–Crippen MR) is 78.0 cm³/mol. The Balaban J connectivity index is 1.91. The minimum atomic E-state index is 0.652. The maximum Gasteiger partial charge on any atom is 0.0323 e. The maximum atomic E-state index is 3.70. The van der Waals surface area contributed by atoms with E-state index in [4.69, 9.17) is 0 Å². The molecule has 3 heteroatoms. The Hall–Kier alpha value is -0.120. The number of nitrogens with zero attached hydrogens (tertiary/aromatic N) is 2. The number of nitrogens with one attached hydrogen (secondary N) is 1. The van der Waals surface area contributed by atoms with Crippen LogP contribution in [0.25, 0.3) is 0 Å². The molecule has 1 N–H and O–H groups in total. The summed E-state index contributed by atoms with van der Waals surface area (Å²) in [4.78, 5) is 5.11. The van der Waals surface area contributed by atoms with Gasteiger partial charge in [-0.1, -0.05) is 25.7 Å². The van der Waals surface area contributed by atoms with Crippen molar-refractivity contribution in [2.45, 2.75) is 63.6 Å². The minimum absolute atomic E-state index is 0.652. The van der Waals surface area contributed by atoms with Gasteiger partial charge in [0, 0.05) is 37.8 Å². The molecule has 106 valence electrons. The van der Waals surface area contributed by atoms with Crippen LogP contribution in [0.2, 0.25) is 0 Å². The third kappa shape index (κ3) is 3.94. The van der Waals surface area contributed by atoms with Gasteiger partial charge in [-0.3, -0.25) is 4.90 Å². The Labute approximate surface area is 113 Å². The fourth-order valence-electron chi connectivity index (χ4n) is 3.61. The predicted octanol–water partition coefficient (Wildman–Crippen LogP) is 1.93. The van der Waals surface area contributed by atoms with E-state index in [0.29, 0.717) is 12.1 Å². The summed E-state index contributed by atoms with van der Waals surface area (Å²) in [6.45, 7) is 5.96. The first kappa shape index (κ1) is 14.3. The first-order chi connectivity index (χ1) is 8.66. The Morgan fingerprint density at radius 3 is 2.39 bits per heavy atom. The highest BCUT2D eigenvalue weighted by Crippen LogP contribution is 2.24. The Morgan fingerprint density at radius 2 is 1.78 bits per heavy atom. The topological polar surface area (TPSA) is 18.5 Å². The monoisotopic (exact) mass is 253 g/mol. The molecule has 0 bridgehead atoms. The second-order valence-electron chi connectivity index (χ2n) is 6.56. The zero-order valence-corrected chi connectivity index (χ0v) is 12.5. The fraction of sp³-hybridized carbons (Fsp3) is 1.00. The highest BCUT2D eigenvalue weighted by Gasteiger charge is 2.30. The first-order valence-electron chi connectivity index (χ1n) is 7.80. The summed E-state index contributed by atoms with van der Waals surface area (Å²) in [5, 5.41) is 3.70. The lowest BCUT2D eigenvalue weighted by molar-refractivity contribution is 0.0748. The maximum absolute atomic E-state index is 3.70. The van der Waals surface area contributed by atoms with Crippen molar-refractivity contribution in [2.75, 3.05) is 33.7 Å². The second kappa shape index (κ2) is 6.88. The highest BCUT2D eigenvalue weighted by atomic mass is 15.3. The van der Waals surface area contributed by atoms with Gasteiger partial charge in [0.1, 0.15) is 0 Å². The molecule has 3 nitrogen and oxygen atoms in total. The molecule has 0 aromatic heterocycles. The van der Waals surface area contributed by atoms with Gasteiger partial charge in [0.25, 0.3) is 0 Å². The minimum Gasteiger partial charge on any atom is -0.310 e. The molecule has 1 aliphatic carbocycles. The van der Waals surface area contributed by atoms with Gasteiger partial charge in [-0.15, -0.1) is 0 Å². The zero-order chi connectivity index (χ0) is 13.0. The van der Waals surface area contributed by atoms with Crippen molar-refractivity contribution in [3.63, 3.8) is 0 Å². The molecule has 0 amide bonds. The van der Waals surface area contributed by atoms with Gasteiger partial charge in [-0.05, 0) is 33.9 Å². The number of piperazine rings is 1. The van der Waals surface area contributed by atoms with Gasteiger partial charge >= 0.3 is 0 Å². The molecule has 0 aromatic carbocycles. The summed E-state index contributed by atoms with van der Waals surface area (Å²) < 4.78 is 0. The van der Waals surface area contributed by atoms with E-state index >= 15 is 0 Å². The normalized spacial score (nSPS) is 32.7. The largest absolute Gasteiger partial charge is 0.310 e. The summed E-state index contributed by atoms with van der Waals surface area (Å²) in [5.74, 6) is 0. The van der Waals surface area contributed by atoms with Crippen LogP contribution in [0, 0.1) is 0 Å². The van der Waals surface area contributed by atoms with Crippen LogP contribution in [0.3, 0.4) is 0 Å². The summed E-state index contributed by atoms with van der Waals surface area (Å²) in [6, 6.07) is 2.22. The third-order valence-electron chi connectivity index (χ3n) is 4.58. The lowest BCUT2D eigenvalue weighted by Crippen LogP contribution is -2.60. The summed E-state index contributed by atoms with van der Waals surface area (Å²) >= 11 is 0. The number of likely N-dealkylation sites (N-methyl/N-ethyl adjacent to an activating group) is 1. The van der Waals surface area contributed by atoms with Gasteiger partial charge in [0.05, 0.1) is 0 Å². The molecule has 1 aliphatic heterocycles. The fourth-order valence-corrected chi connectivity index (χ4v) is 3.61. The molecular weight excluding hydrogens is 222 g/mol. The summed E-state index contributed by atoms with van der Waals surface area (Å²) in [6.07, 6.45) is 8.66. The molecule has 2 atom stereocenters. The van der Waals surface area contributed by atoms with Crippen molar-refractivity contribution in [3.05, 3.63) is 0 Å². The Bertz CT molecular complexity index is 234. The van der Waals surface area contributed by atoms with Crippen LogP contribution in [0.4, 0.5) is 0 Å². The van der Waals surface area contributed by atoms with E-state index in [1.807, 2.05) is 0 Å². The van der Waals surface area contributed by atoms with E-state index in [1.165, 1.54) is 45.1 Å². The molecule has 0 aromatic rings. The third-order valence-corrected chi connectivity index (χ3v) is 4.58. The van der Waals surface area contributed by atoms with Crippen LogP contribution >= 0.6 is 0 Å². The molecule has 2 aliphatic rings. The quantitative estimate of drug-likeness (QED) is 0.776. The first-order valence-corrected chi connectivity index (χ1v) is 7.80.